The first kappa shape index (κ1) is 19.4. The number of benzene rings is 2. The van der Waals surface area contributed by atoms with E-state index >= 15 is 0 Å². The Hall–Kier alpha value is -3.94. The zero-order valence-electron chi connectivity index (χ0n) is 17.0. The minimum atomic E-state index is -0.438. The number of hydrogen-bond donors (Lipinski definition) is 2. The number of para-hydroxylation sites is 1. The SMILES string of the molecule is Cc1ccc(C)c(NC(=O)Cn2nc3cc(C)nc(Nc4ccccc4)n3c2=O)c1. The summed E-state index contributed by atoms with van der Waals surface area (Å²) in [6, 6.07) is 17.0. The summed E-state index contributed by atoms with van der Waals surface area (Å²) in [7, 11) is 0. The second kappa shape index (κ2) is 7.82. The van der Waals surface area contributed by atoms with E-state index in [1.165, 1.54) is 4.40 Å². The summed E-state index contributed by atoms with van der Waals surface area (Å²) in [5.74, 6) is 0.0267. The summed E-state index contributed by atoms with van der Waals surface area (Å²) in [6.07, 6.45) is 0. The second-order valence-electron chi connectivity index (χ2n) is 7.21. The number of anilines is 3. The average Bonchev–Trinajstić information content (AvgIpc) is 3.00. The average molecular weight is 402 g/mol. The molecule has 0 spiro atoms. The van der Waals surface area contributed by atoms with Crippen LogP contribution in [-0.2, 0) is 11.3 Å². The van der Waals surface area contributed by atoms with Crippen molar-refractivity contribution >= 4 is 28.9 Å². The Morgan fingerprint density at radius 2 is 1.80 bits per heavy atom. The standard InChI is InChI=1S/C22H22N6O2/c1-14-9-10-15(2)18(11-14)25-20(29)13-27-22(30)28-19(26-27)12-16(3)23-21(28)24-17-7-5-4-6-8-17/h4-12H,13H2,1-3H3,(H,23,24)(H,25,29). The fourth-order valence-electron chi connectivity index (χ4n) is 3.19. The summed E-state index contributed by atoms with van der Waals surface area (Å²) in [5, 5.41) is 10.3. The van der Waals surface area contributed by atoms with E-state index in [-0.39, 0.29) is 12.5 Å². The van der Waals surface area contributed by atoms with Crippen molar-refractivity contribution < 1.29 is 4.79 Å². The molecule has 1 amide bonds. The van der Waals surface area contributed by atoms with Crippen LogP contribution in [0, 0.1) is 20.8 Å². The van der Waals surface area contributed by atoms with Gasteiger partial charge in [-0.1, -0.05) is 30.3 Å². The van der Waals surface area contributed by atoms with Gasteiger partial charge in [-0.25, -0.2) is 18.9 Å². The Kier molecular flexibility index (Phi) is 5.05. The number of hydrogen-bond acceptors (Lipinski definition) is 5. The normalized spacial score (nSPS) is 10.9. The molecule has 0 saturated heterocycles. The number of fused-ring (bicyclic) bond motifs is 1. The molecule has 0 atom stereocenters. The lowest BCUT2D eigenvalue weighted by Gasteiger charge is -2.09. The Balaban J connectivity index is 1.64. The highest BCUT2D eigenvalue weighted by Gasteiger charge is 2.16. The van der Waals surface area contributed by atoms with Crippen molar-refractivity contribution in [2.45, 2.75) is 27.3 Å². The van der Waals surface area contributed by atoms with Crippen molar-refractivity contribution in [1.29, 1.82) is 0 Å². The van der Waals surface area contributed by atoms with Crippen molar-refractivity contribution in [1.82, 2.24) is 19.2 Å². The Bertz CT molecular complexity index is 1290. The predicted molar refractivity (Wildman–Crippen MR) is 116 cm³/mol. The number of amides is 1. The van der Waals surface area contributed by atoms with E-state index in [1.54, 1.807) is 6.07 Å². The molecule has 4 aromatic rings. The van der Waals surface area contributed by atoms with Crippen LogP contribution in [0.2, 0.25) is 0 Å². The van der Waals surface area contributed by atoms with Crippen molar-refractivity contribution in [3.63, 3.8) is 0 Å². The molecule has 152 valence electrons. The third kappa shape index (κ3) is 3.93. The Morgan fingerprint density at radius 1 is 1.03 bits per heavy atom. The Morgan fingerprint density at radius 3 is 2.57 bits per heavy atom. The molecule has 0 unspecified atom stereocenters. The lowest BCUT2D eigenvalue weighted by atomic mass is 10.1. The van der Waals surface area contributed by atoms with Crippen molar-refractivity contribution in [2.75, 3.05) is 10.6 Å². The van der Waals surface area contributed by atoms with Gasteiger partial charge in [-0.3, -0.25) is 4.79 Å². The van der Waals surface area contributed by atoms with Crippen LogP contribution in [0.25, 0.3) is 5.65 Å². The third-order valence-electron chi connectivity index (χ3n) is 4.69. The smallest absolute Gasteiger partial charge is 0.325 e. The van der Waals surface area contributed by atoms with Gasteiger partial charge in [0.05, 0.1) is 0 Å². The van der Waals surface area contributed by atoms with E-state index in [0.29, 0.717) is 17.3 Å². The molecule has 0 fully saturated rings. The largest absolute Gasteiger partial charge is 0.353 e. The number of nitrogens with one attached hydrogen (secondary N) is 2. The molecule has 0 aliphatic heterocycles. The summed E-state index contributed by atoms with van der Waals surface area (Å²) in [5.41, 5.74) is 4.20. The molecular weight excluding hydrogens is 380 g/mol. The highest BCUT2D eigenvalue weighted by atomic mass is 16.2. The van der Waals surface area contributed by atoms with Gasteiger partial charge < -0.3 is 10.6 Å². The maximum atomic E-state index is 13.0. The fraction of sp³-hybridized carbons (Fsp3) is 0.182. The summed E-state index contributed by atoms with van der Waals surface area (Å²) < 4.78 is 2.51. The molecule has 30 heavy (non-hydrogen) atoms. The molecule has 2 heterocycles. The van der Waals surface area contributed by atoms with Gasteiger partial charge in [-0.15, -0.1) is 5.10 Å². The third-order valence-corrected chi connectivity index (χ3v) is 4.69. The van der Waals surface area contributed by atoms with Crippen LogP contribution in [0.1, 0.15) is 16.8 Å². The summed E-state index contributed by atoms with van der Waals surface area (Å²) in [4.78, 5) is 30.0. The lowest BCUT2D eigenvalue weighted by Crippen LogP contribution is -2.29. The number of nitrogens with zero attached hydrogens (tertiary/aromatic N) is 4. The lowest BCUT2D eigenvalue weighted by molar-refractivity contribution is -0.117. The van der Waals surface area contributed by atoms with Crippen LogP contribution in [0.4, 0.5) is 17.3 Å². The van der Waals surface area contributed by atoms with E-state index in [4.69, 9.17) is 0 Å². The van der Waals surface area contributed by atoms with Crippen molar-refractivity contribution in [3.05, 3.63) is 81.9 Å². The molecule has 0 bridgehead atoms. The summed E-state index contributed by atoms with van der Waals surface area (Å²) >= 11 is 0. The molecule has 0 aliphatic carbocycles. The second-order valence-corrected chi connectivity index (χ2v) is 7.21. The molecule has 8 heteroatoms. The van der Waals surface area contributed by atoms with Crippen LogP contribution < -0.4 is 16.3 Å². The number of aryl methyl sites for hydroxylation is 3. The number of carbonyl (C=O) groups excluding carboxylic acids is 1. The van der Waals surface area contributed by atoms with Gasteiger partial charge in [-0.05, 0) is 50.1 Å². The van der Waals surface area contributed by atoms with E-state index in [0.717, 1.165) is 27.2 Å². The topological polar surface area (TPSA) is 93.3 Å². The minimum Gasteiger partial charge on any atom is -0.325 e. The van der Waals surface area contributed by atoms with E-state index < -0.39 is 5.69 Å². The monoisotopic (exact) mass is 402 g/mol. The van der Waals surface area contributed by atoms with E-state index in [1.807, 2.05) is 69.3 Å². The van der Waals surface area contributed by atoms with Crippen LogP contribution in [-0.4, -0.2) is 25.1 Å². The fourth-order valence-corrected chi connectivity index (χ4v) is 3.19. The molecular formula is C22H22N6O2. The molecule has 0 radical (unpaired) electrons. The zero-order valence-corrected chi connectivity index (χ0v) is 17.0. The molecule has 4 rings (SSSR count). The highest BCUT2D eigenvalue weighted by molar-refractivity contribution is 5.91. The minimum absolute atomic E-state index is 0.197. The zero-order chi connectivity index (χ0) is 21.3. The molecule has 8 nitrogen and oxygen atoms in total. The van der Waals surface area contributed by atoms with Crippen LogP contribution in [0.5, 0.6) is 0 Å². The van der Waals surface area contributed by atoms with Gasteiger partial charge >= 0.3 is 5.69 Å². The molecule has 2 N–H and O–H groups in total. The first-order valence-electron chi connectivity index (χ1n) is 9.57. The predicted octanol–water partition coefficient (Wildman–Crippen LogP) is 3.20. The van der Waals surface area contributed by atoms with Crippen molar-refractivity contribution in [3.8, 4) is 0 Å². The summed E-state index contributed by atoms with van der Waals surface area (Å²) in [6.45, 7) is 5.50. The van der Waals surface area contributed by atoms with Gasteiger partial charge in [0, 0.05) is 23.1 Å². The number of rotatable bonds is 5. The van der Waals surface area contributed by atoms with E-state index in [2.05, 4.69) is 20.7 Å². The first-order chi connectivity index (χ1) is 14.4. The highest BCUT2D eigenvalue weighted by Crippen LogP contribution is 2.17. The Labute approximate surface area is 173 Å². The number of carbonyl (C=O) groups is 1. The maximum absolute atomic E-state index is 13.0. The van der Waals surface area contributed by atoms with E-state index in [9.17, 15) is 9.59 Å². The molecule has 0 aliphatic rings. The van der Waals surface area contributed by atoms with Gasteiger partial charge in [0.2, 0.25) is 11.9 Å². The molecule has 2 aromatic heterocycles. The maximum Gasteiger partial charge on any atom is 0.353 e. The molecule has 2 aromatic carbocycles. The van der Waals surface area contributed by atoms with Crippen LogP contribution >= 0.6 is 0 Å². The van der Waals surface area contributed by atoms with Gasteiger partial charge in [0.15, 0.2) is 5.65 Å². The number of aromatic nitrogens is 4. The van der Waals surface area contributed by atoms with Crippen LogP contribution in [0.15, 0.2) is 59.4 Å². The first-order valence-corrected chi connectivity index (χ1v) is 9.57. The van der Waals surface area contributed by atoms with Gasteiger partial charge in [-0.2, -0.15) is 0 Å². The molecule has 0 saturated carbocycles. The quantitative estimate of drug-likeness (QED) is 0.535. The van der Waals surface area contributed by atoms with Gasteiger partial charge in [0.1, 0.15) is 6.54 Å². The van der Waals surface area contributed by atoms with Crippen molar-refractivity contribution in [2.24, 2.45) is 0 Å². The van der Waals surface area contributed by atoms with Crippen LogP contribution in [0.3, 0.4) is 0 Å². The van der Waals surface area contributed by atoms with Gasteiger partial charge in [0.25, 0.3) is 0 Å².